The molecule has 2 aliphatic carbocycles. The number of rotatable bonds is 8. The van der Waals surface area contributed by atoms with Crippen LogP contribution in [-0.4, -0.2) is 4.57 Å². The molecule has 1 aromatic heterocycles. The van der Waals surface area contributed by atoms with Crippen molar-refractivity contribution in [2.24, 2.45) is 0 Å². The Labute approximate surface area is 460 Å². The lowest BCUT2D eigenvalue weighted by molar-refractivity contribution is 0.794. The SMILES string of the molecule is c1ccc(-n2c3ccccc3c3ccccc32)c(-c2ccc(-c3ccc(N(c4ccc(-c5ccc6c(c5)C5(c7ccccc7-c7ccccc75)c5ccccc5-6)cc4)c4ccc(-c5ccc6ccccc6c5)cc4)cc3)cc2)c1. The van der Waals surface area contributed by atoms with Crippen LogP contribution in [0.5, 0.6) is 0 Å². The van der Waals surface area contributed by atoms with Crippen LogP contribution in [-0.2, 0) is 5.41 Å². The van der Waals surface area contributed by atoms with Crippen LogP contribution in [0.1, 0.15) is 22.3 Å². The third-order valence-corrected chi connectivity index (χ3v) is 17.0. The molecule has 1 spiro atoms. The topological polar surface area (TPSA) is 8.17 Å². The normalized spacial score (nSPS) is 12.7. The molecule has 0 N–H and O–H groups in total. The Morgan fingerprint density at radius 3 is 1.15 bits per heavy atom. The second-order valence-electron chi connectivity index (χ2n) is 21.1. The molecule has 0 atom stereocenters. The number of hydrogen-bond acceptors (Lipinski definition) is 1. The van der Waals surface area contributed by atoms with Gasteiger partial charge in [0.15, 0.2) is 0 Å². The van der Waals surface area contributed by atoms with Crippen LogP contribution in [0.4, 0.5) is 17.1 Å². The second-order valence-corrected chi connectivity index (χ2v) is 21.1. The highest BCUT2D eigenvalue weighted by Crippen LogP contribution is 2.63. The van der Waals surface area contributed by atoms with Gasteiger partial charge in [0.05, 0.1) is 22.1 Å². The number of anilines is 3. The molecule has 14 aromatic rings. The molecule has 0 unspecified atom stereocenters. The molecule has 0 aliphatic heterocycles. The van der Waals surface area contributed by atoms with Crippen molar-refractivity contribution in [3.63, 3.8) is 0 Å². The first kappa shape index (κ1) is 45.0. The maximum absolute atomic E-state index is 2.47. The van der Waals surface area contributed by atoms with E-state index < -0.39 is 0 Å². The molecule has 0 saturated carbocycles. The second kappa shape index (κ2) is 17.9. The predicted molar refractivity (Wildman–Crippen MR) is 331 cm³/mol. The Bertz CT molecular complexity index is 4580. The lowest BCUT2D eigenvalue weighted by Gasteiger charge is -2.30. The number of hydrogen-bond donors (Lipinski definition) is 0. The Balaban J connectivity index is 0.755. The quantitative estimate of drug-likeness (QED) is 0.147. The van der Waals surface area contributed by atoms with Crippen molar-refractivity contribution in [2.75, 3.05) is 4.90 Å². The Hall–Kier alpha value is -10.3. The fourth-order valence-electron chi connectivity index (χ4n) is 13.4. The van der Waals surface area contributed by atoms with Crippen LogP contribution in [0.25, 0.3) is 105 Å². The largest absolute Gasteiger partial charge is 0.311 e. The van der Waals surface area contributed by atoms with E-state index in [0.29, 0.717) is 0 Å². The van der Waals surface area contributed by atoms with E-state index >= 15 is 0 Å². The number of fused-ring (bicyclic) bond motifs is 14. The van der Waals surface area contributed by atoms with Gasteiger partial charge in [0.25, 0.3) is 0 Å². The van der Waals surface area contributed by atoms with Crippen molar-refractivity contribution >= 4 is 49.6 Å². The summed E-state index contributed by atoms with van der Waals surface area (Å²) < 4.78 is 2.42. The van der Waals surface area contributed by atoms with Gasteiger partial charge in [-0.1, -0.05) is 237 Å². The van der Waals surface area contributed by atoms with E-state index in [4.69, 9.17) is 0 Å². The molecule has 2 heteroatoms. The summed E-state index contributed by atoms with van der Waals surface area (Å²) in [5, 5.41) is 5.01. The lowest BCUT2D eigenvalue weighted by atomic mass is 9.70. The molecule has 2 nitrogen and oxygen atoms in total. The molecule has 0 saturated heterocycles. The minimum absolute atomic E-state index is 0.390. The van der Waals surface area contributed by atoms with Crippen LogP contribution in [0.15, 0.2) is 303 Å². The van der Waals surface area contributed by atoms with Gasteiger partial charge in [-0.25, -0.2) is 0 Å². The molecule has 0 fully saturated rings. The first-order valence-electron chi connectivity index (χ1n) is 27.4. The zero-order chi connectivity index (χ0) is 52.0. The fraction of sp³-hybridized carbons (Fsp3) is 0.0130. The van der Waals surface area contributed by atoms with Crippen molar-refractivity contribution in [2.45, 2.75) is 5.41 Å². The number of para-hydroxylation sites is 3. The Morgan fingerprint density at radius 1 is 0.241 bits per heavy atom. The highest BCUT2D eigenvalue weighted by Gasteiger charge is 2.51. The van der Waals surface area contributed by atoms with Gasteiger partial charge >= 0.3 is 0 Å². The standard InChI is InChI=1S/C77H50N2/c1-2-16-57-49-58(34-31-51(57)15-1)54-37-44-61(45-38-54)78(60-42-35-53(36-43-60)52-29-32-56(33-30-52)63-17-6-12-26-74(63)79-75-27-13-7-21-68(75)69-22-8-14-28-76(69)79)62-46-39-55(40-47-62)59-41-48-67-66-20-5-11-25-72(66)77(73(67)50-59)70-23-9-3-18-64(70)65-19-4-10-24-71(65)77/h1-50H. The van der Waals surface area contributed by atoms with Crippen LogP contribution in [0, 0.1) is 0 Å². The van der Waals surface area contributed by atoms with Gasteiger partial charge in [-0.05, 0) is 161 Å². The average molecular weight is 1000 g/mol. The first-order chi connectivity index (χ1) is 39.2. The number of benzene rings is 13. The Morgan fingerprint density at radius 2 is 0.608 bits per heavy atom. The van der Waals surface area contributed by atoms with E-state index in [1.807, 2.05) is 0 Å². The zero-order valence-corrected chi connectivity index (χ0v) is 43.3. The molecule has 2 aliphatic rings. The molecule has 368 valence electrons. The summed E-state index contributed by atoms with van der Waals surface area (Å²) in [4.78, 5) is 2.38. The Kier molecular flexibility index (Phi) is 10.2. The van der Waals surface area contributed by atoms with Crippen molar-refractivity contribution in [1.29, 1.82) is 0 Å². The van der Waals surface area contributed by atoms with Crippen molar-refractivity contribution in [3.8, 4) is 72.4 Å². The average Bonchev–Trinajstić information content (AvgIpc) is 4.35. The van der Waals surface area contributed by atoms with E-state index in [9.17, 15) is 0 Å². The third-order valence-electron chi connectivity index (χ3n) is 17.0. The van der Waals surface area contributed by atoms with Gasteiger partial charge in [-0.15, -0.1) is 0 Å². The summed E-state index contributed by atoms with van der Waals surface area (Å²) in [6, 6.07) is 112. The summed E-state index contributed by atoms with van der Waals surface area (Å²) in [5.74, 6) is 0. The van der Waals surface area contributed by atoms with E-state index in [2.05, 4.69) is 313 Å². The van der Waals surface area contributed by atoms with Crippen molar-refractivity contribution < 1.29 is 0 Å². The lowest BCUT2D eigenvalue weighted by Crippen LogP contribution is -2.25. The molecular formula is C77H50N2. The van der Waals surface area contributed by atoms with Gasteiger partial charge in [0.2, 0.25) is 0 Å². The van der Waals surface area contributed by atoms with Crippen LogP contribution in [0.3, 0.4) is 0 Å². The molecule has 0 amide bonds. The molecule has 0 bridgehead atoms. The number of aromatic nitrogens is 1. The first-order valence-corrected chi connectivity index (χ1v) is 27.4. The number of nitrogens with zero attached hydrogens (tertiary/aromatic N) is 2. The van der Waals surface area contributed by atoms with Crippen LogP contribution in [0.2, 0.25) is 0 Å². The fourth-order valence-corrected chi connectivity index (χ4v) is 13.4. The maximum atomic E-state index is 2.47. The van der Waals surface area contributed by atoms with Gasteiger partial charge in [0, 0.05) is 33.4 Å². The van der Waals surface area contributed by atoms with Crippen LogP contribution >= 0.6 is 0 Å². The highest BCUT2D eigenvalue weighted by molar-refractivity contribution is 6.10. The third kappa shape index (κ3) is 6.98. The summed E-state index contributed by atoms with van der Waals surface area (Å²) in [7, 11) is 0. The van der Waals surface area contributed by atoms with E-state index in [0.717, 1.165) is 22.6 Å². The smallest absolute Gasteiger partial charge is 0.0725 e. The van der Waals surface area contributed by atoms with Crippen molar-refractivity contribution in [3.05, 3.63) is 326 Å². The zero-order valence-electron chi connectivity index (χ0n) is 43.3. The van der Waals surface area contributed by atoms with E-state index in [1.54, 1.807) is 0 Å². The molecule has 13 aromatic carbocycles. The highest BCUT2D eigenvalue weighted by atomic mass is 15.1. The predicted octanol–water partition coefficient (Wildman–Crippen LogP) is 20.4. The summed E-state index contributed by atoms with van der Waals surface area (Å²) in [5.41, 5.74) is 26.6. The van der Waals surface area contributed by atoms with Gasteiger partial charge < -0.3 is 9.47 Å². The molecule has 0 radical (unpaired) electrons. The summed E-state index contributed by atoms with van der Waals surface area (Å²) in [6.07, 6.45) is 0. The monoisotopic (exact) mass is 1000 g/mol. The minimum atomic E-state index is -0.390. The summed E-state index contributed by atoms with van der Waals surface area (Å²) in [6.45, 7) is 0. The van der Waals surface area contributed by atoms with Gasteiger partial charge in [0.1, 0.15) is 0 Å². The molecule has 16 rings (SSSR count). The minimum Gasteiger partial charge on any atom is -0.311 e. The molecule has 1 heterocycles. The van der Waals surface area contributed by atoms with Gasteiger partial charge in [-0.2, -0.15) is 0 Å². The molecule has 79 heavy (non-hydrogen) atoms. The van der Waals surface area contributed by atoms with Crippen LogP contribution < -0.4 is 4.90 Å². The molecular weight excluding hydrogens is 953 g/mol. The van der Waals surface area contributed by atoms with E-state index in [1.165, 1.54) is 122 Å². The summed E-state index contributed by atoms with van der Waals surface area (Å²) >= 11 is 0. The van der Waals surface area contributed by atoms with Gasteiger partial charge in [-0.3, -0.25) is 0 Å². The maximum Gasteiger partial charge on any atom is 0.0725 e. The van der Waals surface area contributed by atoms with E-state index in [-0.39, 0.29) is 5.41 Å². The van der Waals surface area contributed by atoms with Crippen molar-refractivity contribution in [1.82, 2.24) is 4.57 Å².